The van der Waals surface area contributed by atoms with Crippen LogP contribution in [0.2, 0.25) is 0 Å². The summed E-state index contributed by atoms with van der Waals surface area (Å²) in [5.74, 6) is -6.44. The van der Waals surface area contributed by atoms with Crippen molar-refractivity contribution in [3.8, 4) is 0 Å². The normalized spacial score (nSPS) is 50.3. The molecule has 11 heteroatoms. The van der Waals surface area contributed by atoms with Gasteiger partial charge in [-0.1, -0.05) is 37.8 Å². The van der Waals surface area contributed by atoms with E-state index in [1.165, 1.54) is 13.8 Å². The van der Waals surface area contributed by atoms with Gasteiger partial charge in [-0.15, -0.1) is 0 Å². The van der Waals surface area contributed by atoms with Crippen LogP contribution in [0.1, 0.15) is 51.9 Å². The Labute approximate surface area is 243 Å². The third-order valence-corrected chi connectivity index (χ3v) is 10.3. The number of fused-ring (bicyclic) bond motifs is 2. The van der Waals surface area contributed by atoms with Crippen molar-refractivity contribution in [2.45, 2.75) is 100 Å². The Kier molecular flexibility index (Phi) is 6.27. The highest BCUT2D eigenvalue weighted by atomic mass is 16.9. The van der Waals surface area contributed by atoms with Gasteiger partial charge in [-0.3, -0.25) is 4.79 Å². The molecule has 0 amide bonds. The molecule has 11 nitrogen and oxygen atoms in total. The number of benzene rings is 1. The SMILES string of the molecule is C=C(C)C12OC3(C)OC1C1C(O)C(C)(O)C(OC(C)=O)C4(O)C(O)C(C)=CC4C1(O3)C(C)C2OC(=O)c1ccccc1. The van der Waals surface area contributed by atoms with E-state index in [4.69, 9.17) is 23.7 Å². The number of rotatable bonds is 4. The quantitative estimate of drug-likeness (QED) is 0.298. The molecule has 13 unspecified atom stereocenters. The van der Waals surface area contributed by atoms with Gasteiger partial charge in [0, 0.05) is 31.6 Å². The average Bonchev–Trinajstić information content (AvgIpc) is 3.28. The Morgan fingerprint density at radius 1 is 1.02 bits per heavy atom. The molecule has 228 valence electrons. The highest BCUT2D eigenvalue weighted by molar-refractivity contribution is 5.89. The number of aliphatic hydroxyl groups is 4. The van der Waals surface area contributed by atoms with E-state index in [0.29, 0.717) is 16.7 Å². The van der Waals surface area contributed by atoms with Crippen LogP contribution in [0.5, 0.6) is 0 Å². The number of esters is 2. The molecule has 4 N–H and O–H groups in total. The average molecular weight is 587 g/mol. The highest BCUT2D eigenvalue weighted by Gasteiger charge is 2.86. The van der Waals surface area contributed by atoms with Crippen LogP contribution in [0.25, 0.3) is 0 Å². The summed E-state index contributed by atoms with van der Waals surface area (Å²) in [6.07, 6.45) is -5.77. The first kappa shape index (κ1) is 29.4. The van der Waals surface area contributed by atoms with Crippen LogP contribution in [-0.2, 0) is 28.5 Å². The largest absolute Gasteiger partial charge is 0.456 e. The summed E-state index contributed by atoms with van der Waals surface area (Å²) in [6, 6.07) is 8.40. The molecule has 3 aliphatic carbocycles. The fourth-order valence-corrected chi connectivity index (χ4v) is 8.62. The smallest absolute Gasteiger partial charge is 0.338 e. The minimum atomic E-state index is -2.37. The first-order valence-electron chi connectivity index (χ1n) is 14.1. The lowest BCUT2D eigenvalue weighted by Gasteiger charge is -2.62. The maximum absolute atomic E-state index is 13.5. The number of carbonyl (C=O) groups is 2. The van der Waals surface area contributed by atoms with Crippen molar-refractivity contribution in [3.05, 3.63) is 59.7 Å². The summed E-state index contributed by atoms with van der Waals surface area (Å²) < 4.78 is 31.4. The Bertz CT molecular complexity index is 1370. The molecule has 3 bridgehead atoms. The lowest BCUT2D eigenvalue weighted by atomic mass is 9.52. The van der Waals surface area contributed by atoms with Gasteiger partial charge < -0.3 is 44.1 Å². The zero-order chi connectivity index (χ0) is 30.8. The molecule has 42 heavy (non-hydrogen) atoms. The minimum absolute atomic E-state index is 0.290. The fraction of sp³-hybridized carbons (Fsp3) is 0.613. The van der Waals surface area contributed by atoms with Crippen LogP contribution >= 0.6 is 0 Å². The molecular formula is C31H38O11. The molecule has 5 aliphatic rings. The van der Waals surface area contributed by atoms with E-state index in [2.05, 4.69) is 6.58 Å². The molecule has 6 rings (SSSR count). The summed E-state index contributed by atoms with van der Waals surface area (Å²) in [4.78, 5) is 25.9. The third-order valence-electron chi connectivity index (χ3n) is 10.3. The number of aliphatic hydroxyl groups excluding tert-OH is 2. The minimum Gasteiger partial charge on any atom is -0.456 e. The van der Waals surface area contributed by atoms with Crippen LogP contribution in [0.4, 0.5) is 0 Å². The molecule has 2 heterocycles. The molecule has 0 spiro atoms. The molecule has 1 aromatic carbocycles. The Morgan fingerprint density at radius 2 is 1.67 bits per heavy atom. The molecule has 2 aliphatic heterocycles. The van der Waals surface area contributed by atoms with Crippen molar-refractivity contribution >= 4 is 11.9 Å². The van der Waals surface area contributed by atoms with E-state index in [0.717, 1.165) is 6.92 Å². The van der Waals surface area contributed by atoms with Gasteiger partial charge in [0.2, 0.25) is 0 Å². The maximum Gasteiger partial charge on any atom is 0.338 e. The van der Waals surface area contributed by atoms with Gasteiger partial charge in [-0.2, -0.15) is 0 Å². The third kappa shape index (κ3) is 3.41. The van der Waals surface area contributed by atoms with Gasteiger partial charge in [0.05, 0.1) is 17.3 Å². The Hall–Kier alpha value is -2.64. The summed E-state index contributed by atoms with van der Waals surface area (Å²) >= 11 is 0. The zero-order valence-corrected chi connectivity index (χ0v) is 24.4. The van der Waals surface area contributed by atoms with E-state index in [9.17, 15) is 30.0 Å². The predicted octanol–water partition coefficient (Wildman–Crippen LogP) is 1.38. The van der Waals surface area contributed by atoms with Gasteiger partial charge in [0.15, 0.2) is 11.7 Å². The summed E-state index contributed by atoms with van der Waals surface area (Å²) in [6.45, 7) is 13.1. The van der Waals surface area contributed by atoms with Crippen molar-refractivity contribution in [2.24, 2.45) is 17.8 Å². The van der Waals surface area contributed by atoms with Gasteiger partial charge in [0.1, 0.15) is 29.5 Å². The van der Waals surface area contributed by atoms with Crippen molar-refractivity contribution < 1.29 is 53.7 Å². The first-order chi connectivity index (χ1) is 19.5. The van der Waals surface area contributed by atoms with Gasteiger partial charge in [-0.05, 0) is 44.1 Å². The number of hydrogen-bond acceptors (Lipinski definition) is 11. The Balaban J connectivity index is 1.62. The van der Waals surface area contributed by atoms with Crippen LogP contribution < -0.4 is 0 Å². The summed E-state index contributed by atoms with van der Waals surface area (Å²) in [7, 11) is 0. The van der Waals surface area contributed by atoms with E-state index >= 15 is 0 Å². The highest BCUT2D eigenvalue weighted by Crippen LogP contribution is 2.70. The molecule has 4 fully saturated rings. The Morgan fingerprint density at radius 3 is 2.26 bits per heavy atom. The fourth-order valence-electron chi connectivity index (χ4n) is 8.62. The zero-order valence-electron chi connectivity index (χ0n) is 24.4. The van der Waals surface area contributed by atoms with E-state index in [1.54, 1.807) is 57.2 Å². The summed E-state index contributed by atoms with van der Waals surface area (Å²) in [5, 5.41) is 48.1. The molecule has 2 saturated carbocycles. The monoisotopic (exact) mass is 586 g/mol. The van der Waals surface area contributed by atoms with E-state index < -0.39 is 88.6 Å². The number of carbonyl (C=O) groups excluding carboxylic acids is 2. The van der Waals surface area contributed by atoms with E-state index in [-0.39, 0.29) is 0 Å². The molecule has 13 atom stereocenters. The lowest BCUT2D eigenvalue weighted by molar-refractivity contribution is -0.426. The first-order valence-corrected chi connectivity index (χ1v) is 14.1. The molecule has 0 aromatic heterocycles. The molecular weight excluding hydrogens is 548 g/mol. The van der Waals surface area contributed by atoms with Crippen LogP contribution in [0.3, 0.4) is 0 Å². The molecule has 2 saturated heterocycles. The van der Waals surface area contributed by atoms with Crippen LogP contribution in [-0.4, -0.2) is 91.3 Å². The van der Waals surface area contributed by atoms with Gasteiger partial charge in [0.25, 0.3) is 5.97 Å². The topological polar surface area (TPSA) is 161 Å². The molecule has 0 radical (unpaired) electrons. The standard InChI is InChI=1S/C31H38O11/c1-14(2)30-23(39-25(35)18-11-9-8-10-12-18)16(4)31-19-13-15(3)21(33)29(19,37)26(38-17(5)32)27(6,36)22(34)20(31)24(30)40-28(7,41-30)42-31/h8-13,16,19-24,26,33-34,36-37H,1H2,2-7H3. The second kappa shape index (κ2) is 8.95. The van der Waals surface area contributed by atoms with Crippen molar-refractivity contribution in [3.63, 3.8) is 0 Å². The van der Waals surface area contributed by atoms with Crippen molar-refractivity contribution in [2.75, 3.05) is 0 Å². The van der Waals surface area contributed by atoms with Gasteiger partial charge >= 0.3 is 11.9 Å². The van der Waals surface area contributed by atoms with Crippen LogP contribution in [0.15, 0.2) is 54.1 Å². The lowest BCUT2D eigenvalue weighted by Crippen LogP contribution is -2.77. The summed E-state index contributed by atoms with van der Waals surface area (Å²) in [5.41, 5.74) is -6.85. The maximum atomic E-state index is 13.5. The second-order valence-electron chi connectivity index (χ2n) is 12.9. The number of hydrogen-bond donors (Lipinski definition) is 4. The second-order valence-corrected chi connectivity index (χ2v) is 12.9. The van der Waals surface area contributed by atoms with Gasteiger partial charge in [-0.25, -0.2) is 4.79 Å². The van der Waals surface area contributed by atoms with Crippen molar-refractivity contribution in [1.29, 1.82) is 0 Å². The molecule has 1 aromatic rings. The predicted molar refractivity (Wildman–Crippen MR) is 144 cm³/mol. The number of ether oxygens (including phenoxy) is 5. The van der Waals surface area contributed by atoms with Crippen LogP contribution in [0, 0.1) is 17.8 Å². The van der Waals surface area contributed by atoms with Crippen molar-refractivity contribution in [1.82, 2.24) is 0 Å². The van der Waals surface area contributed by atoms with E-state index in [1.807, 2.05) is 0 Å².